The number of amides is 1. The summed E-state index contributed by atoms with van der Waals surface area (Å²) in [5.41, 5.74) is 1.76. The van der Waals surface area contributed by atoms with Gasteiger partial charge in [-0.1, -0.05) is 26.0 Å². The van der Waals surface area contributed by atoms with Gasteiger partial charge in [0.05, 0.1) is 10.6 Å². The lowest BCUT2D eigenvalue weighted by molar-refractivity contribution is -0.118. The highest BCUT2D eigenvalue weighted by Crippen LogP contribution is 2.24. The lowest BCUT2D eigenvalue weighted by Gasteiger charge is -2.13. The molecule has 0 bridgehead atoms. The molecule has 0 aliphatic carbocycles. The summed E-state index contributed by atoms with van der Waals surface area (Å²) in [5, 5.41) is 2.35. The molecule has 0 heterocycles. The molecule has 0 aromatic heterocycles. The van der Waals surface area contributed by atoms with E-state index in [1.807, 2.05) is 25.1 Å². The van der Waals surface area contributed by atoms with E-state index in [4.69, 9.17) is 4.74 Å². The molecule has 0 aliphatic heterocycles. The molecule has 2 rings (SSSR count). The van der Waals surface area contributed by atoms with E-state index in [1.54, 1.807) is 0 Å². The van der Waals surface area contributed by atoms with Crippen LogP contribution in [0, 0.1) is 12.7 Å². The molecule has 0 saturated heterocycles. The van der Waals surface area contributed by atoms with Gasteiger partial charge in [0, 0.05) is 6.26 Å². The highest BCUT2D eigenvalue weighted by Gasteiger charge is 2.14. The number of aryl methyl sites for hydroxylation is 1. The molecule has 7 heteroatoms. The second kappa shape index (κ2) is 7.86. The molecule has 5 nitrogen and oxygen atoms in total. The van der Waals surface area contributed by atoms with E-state index in [-0.39, 0.29) is 17.2 Å². The van der Waals surface area contributed by atoms with E-state index < -0.39 is 21.6 Å². The predicted molar refractivity (Wildman–Crippen MR) is 98.9 cm³/mol. The number of rotatable bonds is 6. The fraction of sp³-hybridized carbons (Fsp3) is 0.316. The van der Waals surface area contributed by atoms with Crippen LogP contribution in [0.4, 0.5) is 10.1 Å². The molecular weight excluding hydrogens is 357 g/mol. The third-order valence-electron chi connectivity index (χ3n) is 3.88. The van der Waals surface area contributed by atoms with Crippen LogP contribution in [0.25, 0.3) is 0 Å². The minimum atomic E-state index is -3.50. The van der Waals surface area contributed by atoms with Crippen LogP contribution in [-0.2, 0) is 14.6 Å². The van der Waals surface area contributed by atoms with Crippen LogP contribution in [0.5, 0.6) is 5.75 Å². The number of hydrogen-bond donors (Lipinski definition) is 1. The summed E-state index contributed by atoms with van der Waals surface area (Å²) >= 11 is 0. The quantitative estimate of drug-likeness (QED) is 0.777. The number of nitrogens with one attached hydrogen (secondary N) is 1. The van der Waals surface area contributed by atoms with Gasteiger partial charge >= 0.3 is 0 Å². The zero-order chi connectivity index (χ0) is 19.5. The summed E-state index contributed by atoms with van der Waals surface area (Å²) in [4.78, 5) is 12.0. The first-order chi connectivity index (χ1) is 12.1. The zero-order valence-electron chi connectivity index (χ0n) is 15.2. The van der Waals surface area contributed by atoms with Gasteiger partial charge in [0.1, 0.15) is 11.6 Å². The number of anilines is 1. The Morgan fingerprint density at radius 1 is 1.19 bits per heavy atom. The summed E-state index contributed by atoms with van der Waals surface area (Å²) in [6, 6.07) is 9.03. The van der Waals surface area contributed by atoms with Gasteiger partial charge in [0.2, 0.25) is 0 Å². The highest BCUT2D eigenvalue weighted by atomic mass is 32.2. The van der Waals surface area contributed by atoms with Crippen molar-refractivity contribution < 1.29 is 22.3 Å². The molecule has 0 unspecified atom stereocenters. The maximum atomic E-state index is 13.8. The predicted octanol–water partition coefficient (Wildman–Crippen LogP) is 3.68. The molecule has 2 aromatic carbocycles. The summed E-state index contributed by atoms with van der Waals surface area (Å²) < 4.78 is 42.5. The second-order valence-electron chi connectivity index (χ2n) is 6.43. The molecule has 0 fully saturated rings. The Bertz CT molecular complexity index is 923. The molecule has 0 aliphatic rings. The SMILES string of the molecule is Cc1ccc(C(C)C)cc1OCC(=O)Nc1cc(S(C)(=O)=O)ccc1F. The smallest absolute Gasteiger partial charge is 0.262 e. The lowest BCUT2D eigenvalue weighted by Crippen LogP contribution is -2.21. The Hall–Kier alpha value is -2.41. The van der Waals surface area contributed by atoms with Crippen molar-refractivity contribution in [3.63, 3.8) is 0 Å². The highest BCUT2D eigenvalue weighted by molar-refractivity contribution is 7.90. The molecule has 140 valence electrons. The van der Waals surface area contributed by atoms with Crippen molar-refractivity contribution in [2.24, 2.45) is 0 Å². The average molecular weight is 379 g/mol. The van der Waals surface area contributed by atoms with Gasteiger partial charge < -0.3 is 10.1 Å². The first-order valence-electron chi connectivity index (χ1n) is 8.10. The molecule has 2 aromatic rings. The molecule has 0 saturated carbocycles. The maximum absolute atomic E-state index is 13.8. The molecule has 0 atom stereocenters. The van der Waals surface area contributed by atoms with Crippen LogP contribution in [0.3, 0.4) is 0 Å². The maximum Gasteiger partial charge on any atom is 0.262 e. The fourth-order valence-electron chi connectivity index (χ4n) is 2.29. The minimum Gasteiger partial charge on any atom is -0.483 e. The van der Waals surface area contributed by atoms with Crippen LogP contribution in [0.15, 0.2) is 41.3 Å². The van der Waals surface area contributed by atoms with Crippen molar-refractivity contribution in [2.45, 2.75) is 31.6 Å². The summed E-state index contributed by atoms with van der Waals surface area (Å²) in [5.74, 6) is -0.399. The number of benzene rings is 2. The van der Waals surface area contributed by atoms with Gasteiger partial charge in [-0.25, -0.2) is 12.8 Å². The largest absolute Gasteiger partial charge is 0.483 e. The first-order valence-corrected chi connectivity index (χ1v) is 10.00. The van der Waals surface area contributed by atoms with Gasteiger partial charge in [-0.2, -0.15) is 0 Å². The number of carbonyl (C=O) groups excluding carboxylic acids is 1. The first kappa shape index (κ1) is 19.9. The Labute approximate surface area is 153 Å². The molecule has 1 N–H and O–H groups in total. The normalized spacial score (nSPS) is 11.5. The van der Waals surface area contributed by atoms with Crippen molar-refractivity contribution in [3.05, 3.63) is 53.3 Å². The summed E-state index contributed by atoms with van der Waals surface area (Å²) in [6.45, 7) is 5.66. The van der Waals surface area contributed by atoms with Crippen molar-refractivity contribution in [1.82, 2.24) is 0 Å². The number of carbonyl (C=O) groups is 1. The number of hydrogen-bond acceptors (Lipinski definition) is 4. The Morgan fingerprint density at radius 3 is 2.50 bits per heavy atom. The van der Waals surface area contributed by atoms with Gasteiger partial charge in [-0.3, -0.25) is 4.79 Å². The van der Waals surface area contributed by atoms with Crippen molar-refractivity contribution in [2.75, 3.05) is 18.2 Å². The van der Waals surface area contributed by atoms with Crippen molar-refractivity contribution >= 4 is 21.4 Å². The number of halogens is 1. The van der Waals surface area contributed by atoms with Crippen LogP contribution < -0.4 is 10.1 Å². The average Bonchev–Trinajstić information content (AvgIpc) is 2.54. The Morgan fingerprint density at radius 2 is 1.88 bits per heavy atom. The molecule has 0 radical (unpaired) electrons. The van der Waals surface area contributed by atoms with Gasteiger partial charge in [-0.05, 0) is 48.2 Å². The lowest BCUT2D eigenvalue weighted by atomic mass is 10.0. The van der Waals surface area contributed by atoms with E-state index in [1.165, 1.54) is 0 Å². The van der Waals surface area contributed by atoms with E-state index in [9.17, 15) is 17.6 Å². The summed E-state index contributed by atoms with van der Waals surface area (Å²) in [6.07, 6.45) is 1.01. The van der Waals surface area contributed by atoms with Crippen LogP contribution >= 0.6 is 0 Å². The standard InChI is InChI=1S/C19H22FNO4S/c1-12(2)14-6-5-13(3)18(9-14)25-11-19(22)21-17-10-15(26(4,23)24)7-8-16(17)20/h5-10,12H,11H2,1-4H3,(H,21,22). The number of sulfone groups is 1. The Kier molecular flexibility index (Phi) is 6.02. The van der Waals surface area contributed by atoms with Crippen molar-refractivity contribution in [3.8, 4) is 5.75 Å². The van der Waals surface area contributed by atoms with Crippen LogP contribution in [0.1, 0.15) is 30.9 Å². The van der Waals surface area contributed by atoms with E-state index in [2.05, 4.69) is 19.2 Å². The molecule has 0 spiro atoms. The van der Waals surface area contributed by atoms with Crippen molar-refractivity contribution in [1.29, 1.82) is 0 Å². The van der Waals surface area contributed by atoms with E-state index >= 15 is 0 Å². The zero-order valence-corrected chi connectivity index (χ0v) is 16.0. The molecule has 1 amide bonds. The molecular formula is C19H22FNO4S. The van der Waals surface area contributed by atoms with Crippen LogP contribution in [-0.4, -0.2) is 27.2 Å². The second-order valence-corrected chi connectivity index (χ2v) is 8.45. The Balaban J connectivity index is 2.10. The summed E-state index contributed by atoms with van der Waals surface area (Å²) in [7, 11) is -3.50. The van der Waals surface area contributed by atoms with E-state index in [0.29, 0.717) is 11.7 Å². The third kappa shape index (κ3) is 5.05. The van der Waals surface area contributed by atoms with E-state index in [0.717, 1.165) is 35.6 Å². The fourth-order valence-corrected chi connectivity index (χ4v) is 2.94. The third-order valence-corrected chi connectivity index (χ3v) is 4.99. The van der Waals surface area contributed by atoms with Gasteiger partial charge in [-0.15, -0.1) is 0 Å². The monoisotopic (exact) mass is 379 g/mol. The number of ether oxygens (including phenoxy) is 1. The minimum absolute atomic E-state index is 0.0735. The van der Waals surface area contributed by atoms with Crippen LogP contribution in [0.2, 0.25) is 0 Å². The van der Waals surface area contributed by atoms with Gasteiger partial charge in [0.15, 0.2) is 16.4 Å². The topological polar surface area (TPSA) is 72.5 Å². The molecule has 26 heavy (non-hydrogen) atoms. The van der Waals surface area contributed by atoms with Gasteiger partial charge in [0.25, 0.3) is 5.91 Å².